The van der Waals surface area contributed by atoms with Crippen molar-refractivity contribution < 1.29 is 4.74 Å². The Morgan fingerprint density at radius 3 is 2.68 bits per heavy atom. The summed E-state index contributed by atoms with van der Waals surface area (Å²) in [5, 5.41) is 0. The molecule has 0 aliphatic carbocycles. The second-order valence-electron chi connectivity index (χ2n) is 4.81. The molecule has 19 heavy (non-hydrogen) atoms. The van der Waals surface area contributed by atoms with E-state index in [4.69, 9.17) is 10.5 Å². The topological polar surface area (TPSA) is 61.0 Å². The Balaban J connectivity index is 2.21. The Labute approximate surface area is 113 Å². The van der Waals surface area contributed by atoms with E-state index in [-0.39, 0.29) is 0 Å². The summed E-state index contributed by atoms with van der Waals surface area (Å²) in [6, 6.07) is 7.72. The Morgan fingerprint density at radius 1 is 1.26 bits per heavy atom. The SMILES string of the molecule is COc1ccc(Cc2nccc(C(C)C)n2)cc1N. The fourth-order valence-electron chi connectivity index (χ4n) is 1.90. The molecule has 2 N–H and O–H groups in total. The zero-order chi connectivity index (χ0) is 13.8. The third kappa shape index (κ3) is 3.22. The highest BCUT2D eigenvalue weighted by molar-refractivity contribution is 5.54. The molecule has 1 aromatic carbocycles. The van der Waals surface area contributed by atoms with Gasteiger partial charge in [-0.15, -0.1) is 0 Å². The number of anilines is 1. The summed E-state index contributed by atoms with van der Waals surface area (Å²) in [6.45, 7) is 4.25. The van der Waals surface area contributed by atoms with Crippen LogP contribution in [0.5, 0.6) is 5.75 Å². The van der Waals surface area contributed by atoms with Crippen molar-refractivity contribution in [1.29, 1.82) is 0 Å². The Kier molecular flexibility index (Phi) is 4.00. The smallest absolute Gasteiger partial charge is 0.141 e. The molecular formula is C15H19N3O. The summed E-state index contributed by atoms with van der Waals surface area (Å²) in [4.78, 5) is 8.86. The third-order valence-corrected chi connectivity index (χ3v) is 2.97. The molecule has 0 unspecified atom stereocenters. The summed E-state index contributed by atoms with van der Waals surface area (Å²) in [6.07, 6.45) is 2.49. The molecule has 2 aromatic rings. The van der Waals surface area contributed by atoms with E-state index < -0.39 is 0 Å². The molecule has 1 heterocycles. The van der Waals surface area contributed by atoms with Gasteiger partial charge in [0.15, 0.2) is 0 Å². The molecule has 4 heteroatoms. The minimum atomic E-state index is 0.405. The predicted molar refractivity (Wildman–Crippen MR) is 76.3 cm³/mol. The molecule has 0 saturated carbocycles. The van der Waals surface area contributed by atoms with Crippen LogP contribution in [0.2, 0.25) is 0 Å². The van der Waals surface area contributed by atoms with Crippen LogP contribution >= 0.6 is 0 Å². The highest BCUT2D eigenvalue weighted by atomic mass is 16.5. The van der Waals surface area contributed by atoms with Gasteiger partial charge in [-0.3, -0.25) is 0 Å². The number of ether oxygens (including phenoxy) is 1. The molecule has 0 bridgehead atoms. The van der Waals surface area contributed by atoms with Gasteiger partial charge in [0.05, 0.1) is 12.8 Å². The maximum Gasteiger partial charge on any atom is 0.141 e. The van der Waals surface area contributed by atoms with Crippen LogP contribution in [0, 0.1) is 0 Å². The molecule has 100 valence electrons. The highest BCUT2D eigenvalue weighted by Gasteiger charge is 2.06. The van der Waals surface area contributed by atoms with Crippen LogP contribution < -0.4 is 10.5 Å². The van der Waals surface area contributed by atoms with Crippen molar-refractivity contribution in [3.8, 4) is 5.75 Å². The zero-order valence-corrected chi connectivity index (χ0v) is 11.6. The van der Waals surface area contributed by atoms with E-state index in [1.165, 1.54) is 0 Å². The quantitative estimate of drug-likeness (QED) is 0.855. The molecular weight excluding hydrogens is 238 g/mol. The first-order chi connectivity index (χ1) is 9.10. The molecule has 0 amide bonds. The van der Waals surface area contributed by atoms with Crippen LogP contribution in [0.3, 0.4) is 0 Å². The maximum absolute atomic E-state index is 5.90. The summed E-state index contributed by atoms with van der Waals surface area (Å²) in [5.74, 6) is 1.92. The van der Waals surface area contributed by atoms with Crippen molar-refractivity contribution >= 4 is 5.69 Å². The number of rotatable bonds is 4. The lowest BCUT2D eigenvalue weighted by molar-refractivity contribution is 0.417. The number of benzene rings is 1. The van der Waals surface area contributed by atoms with Gasteiger partial charge in [0, 0.05) is 18.3 Å². The van der Waals surface area contributed by atoms with Gasteiger partial charge in [0.2, 0.25) is 0 Å². The van der Waals surface area contributed by atoms with Crippen LogP contribution in [0.25, 0.3) is 0 Å². The van der Waals surface area contributed by atoms with Crippen LogP contribution in [0.1, 0.15) is 36.8 Å². The molecule has 0 radical (unpaired) electrons. The van der Waals surface area contributed by atoms with E-state index in [2.05, 4.69) is 23.8 Å². The van der Waals surface area contributed by atoms with Gasteiger partial charge >= 0.3 is 0 Å². The van der Waals surface area contributed by atoms with Gasteiger partial charge < -0.3 is 10.5 Å². The van der Waals surface area contributed by atoms with Gasteiger partial charge in [-0.1, -0.05) is 19.9 Å². The van der Waals surface area contributed by atoms with Crippen LogP contribution in [0.15, 0.2) is 30.5 Å². The fraction of sp³-hybridized carbons (Fsp3) is 0.333. The summed E-state index contributed by atoms with van der Waals surface area (Å²) in [7, 11) is 1.61. The summed E-state index contributed by atoms with van der Waals surface area (Å²) < 4.78 is 5.14. The molecule has 0 atom stereocenters. The van der Waals surface area contributed by atoms with Gasteiger partial charge in [0.25, 0.3) is 0 Å². The normalized spacial score (nSPS) is 10.7. The first-order valence-electron chi connectivity index (χ1n) is 6.34. The molecule has 0 spiro atoms. The van der Waals surface area contributed by atoms with Crippen LogP contribution in [0.4, 0.5) is 5.69 Å². The van der Waals surface area contributed by atoms with E-state index in [0.717, 1.165) is 17.1 Å². The lowest BCUT2D eigenvalue weighted by Crippen LogP contribution is -2.02. The monoisotopic (exact) mass is 257 g/mol. The summed E-state index contributed by atoms with van der Waals surface area (Å²) in [5.41, 5.74) is 8.68. The predicted octanol–water partition coefficient (Wildman–Crippen LogP) is 2.78. The van der Waals surface area contributed by atoms with Crippen molar-refractivity contribution in [1.82, 2.24) is 9.97 Å². The van der Waals surface area contributed by atoms with E-state index >= 15 is 0 Å². The van der Waals surface area contributed by atoms with Gasteiger partial charge in [-0.25, -0.2) is 9.97 Å². The lowest BCUT2D eigenvalue weighted by Gasteiger charge is -2.08. The Hall–Kier alpha value is -2.10. The molecule has 2 rings (SSSR count). The second-order valence-corrected chi connectivity index (χ2v) is 4.81. The van der Waals surface area contributed by atoms with E-state index in [0.29, 0.717) is 23.8 Å². The molecule has 0 fully saturated rings. The largest absolute Gasteiger partial charge is 0.495 e. The van der Waals surface area contributed by atoms with Gasteiger partial charge in [-0.05, 0) is 29.7 Å². The molecule has 0 aliphatic heterocycles. The number of methoxy groups -OCH3 is 1. The third-order valence-electron chi connectivity index (χ3n) is 2.97. The molecule has 1 aromatic heterocycles. The Bertz CT molecular complexity index is 567. The standard InChI is InChI=1S/C15H19N3O/c1-10(2)13-6-7-17-15(18-13)9-11-4-5-14(19-3)12(16)8-11/h4-8,10H,9,16H2,1-3H3. The molecule has 0 aliphatic rings. The molecule has 0 saturated heterocycles. The van der Waals surface area contributed by atoms with Crippen LogP contribution in [-0.2, 0) is 6.42 Å². The van der Waals surface area contributed by atoms with Crippen molar-refractivity contribution in [2.45, 2.75) is 26.2 Å². The van der Waals surface area contributed by atoms with E-state index in [1.807, 2.05) is 30.5 Å². The van der Waals surface area contributed by atoms with Gasteiger partial charge in [-0.2, -0.15) is 0 Å². The zero-order valence-electron chi connectivity index (χ0n) is 11.6. The van der Waals surface area contributed by atoms with Crippen molar-refractivity contribution in [3.63, 3.8) is 0 Å². The highest BCUT2D eigenvalue weighted by Crippen LogP contribution is 2.23. The number of nitrogens with two attached hydrogens (primary N) is 1. The number of hydrogen-bond acceptors (Lipinski definition) is 4. The number of nitrogens with zero attached hydrogens (tertiary/aromatic N) is 2. The van der Waals surface area contributed by atoms with Crippen molar-refractivity contribution in [2.24, 2.45) is 0 Å². The second kappa shape index (κ2) is 5.69. The minimum absolute atomic E-state index is 0.405. The summed E-state index contributed by atoms with van der Waals surface area (Å²) >= 11 is 0. The number of hydrogen-bond donors (Lipinski definition) is 1. The van der Waals surface area contributed by atoms with Crippen molar-refractivity contribution in [2.75, 3.05) is 12.8 Å². The number of aromatic nitrogens is 2. The van der Waals surface area contributed by atoms with Crippen molar-refractivity contribution in [3.05, 3.63) is 47.5 Å². The average molecular weight is 257 g/mol. The van der Waals surface area contributed by atoms with E-state index in [1.54, 1.807) is 7.11 Å². The minimum Gasteiger partial charge on any atom is -0.495 e. The Morgan fingerprint density at radius 2 is 2.05 bits per heavy atom. The first-order valence-corrected chi connectivity index (χ1v) is 6.34. The maximum atomic E-state index is 5.90. The van der Waals surface area contributed by atoms with E-state index in [9.17, 15) is 0 Å². The average Bonchev–Trinajstić information content (AvgIpc) is 2.39. The number of nitrogen functional groups attached to an aromatic ring is 1. The van der Waals surface area contributed by atoms with Crippen LogP contribution in [-0.4, -0.2) is 17.1 Å². The van der Waals surface area contributed by atoms with Gasteiger partial charge in [0.1, 0.15) is 11.6 Å². The first kappa shape index (κ1) is 13.3. The lowest BCUT2D eigenvalue weighted by atomic mass is 10.1. The fourth-order valence-corrected chi connectivity index (χ4v) is 1.90. The molecule has 4 nitrogen and oxygen atoms in total.